The molecule has 0 atom stereocenters. The van der Waals surface area contributed by atoms with Crippen LogP contribution in [0.15, 0.2) is 22.1 Å². The van der Waals surface area contributed by atoms with Crippen LogP contribution in [0.1, 0.15) is 9.75 Å². The van der Waals surface area contributed by atoms with E-state index in [9.17, 15) is 0 Å². The fraction of sp³-hybridized carbons (Fsp3) is 0.300. The molecule has 3 nitrogen and oxygen atoms in total. The number of nitrogens with one attached hydrogen (secondary N) is 1. The van der Waals surface area contributed by atoms with Crippen molar-refractivity contribution in [2.24, 2.45) is 5.73 Å². The van der Waals surface area contributed by atoms with Crippen molar-refractivity contribution in [2.75, 3.05) is 11.9 Å². The Hall–Kier alpha value is -0.430. The van der Waals surface area contributed by atoms with Crippen LogP contribution in [0.4, 0.5) is 5.13 Å². The van der Waals surface area contributed by atoms with E-state index in [0.29, 0.717) is 6.54 Å². The number of thiophene rings is 1. The van der Waals surface area contributed by atoms with Crippen LogP contribution in [0.2, 0.25) is 0 Å². The first-order valence-corrected chi connectivity index (χ1v) is 7.38. The lowest BCUT2D eigenvalue weighted by atomic mass is 10.3. The van der Waals surface area contributed by atoms with Crippen molar-refractivity contribution in [1.82, 2.24) is 4.98 Å². The van der Waals surface area contributed by atoms with Crippen molar-refractivity contribution in [1.29, 1.82) is 0 Å². The number of hydrogen-bond donors (Lipinski definition) is 2. The third-order valence-electron chi connectivity index (χ3n) is 2.02. The minimum atomic E-state index is 0.567. The maximum atomic E-state index is 5.52. The molecule has 0 amide bonds. The van der Waals surface area contributed by atoms with Gasteiger partial charge in [-0.25, -0.2) is 4.98 Å². The van der Waals surface area contributed by atoms with Crippen molar-refractivity contribution >= 4 is 43.7 Å². The first-order chi connectivity index (χ1) is 7.78. The van der Waals surface area contributed by atoms with E-state index in [2.05, 4.69) is 37.7 Å². The van der Waals surface area contributed by atoms with Crippen molar-refractivity contribution < 1.29 is 0 Å². The van der Waals surface area contributed by atoms with Crippen LogP contribution in [0.3, 0.4) is 0 Å². The average Bonchev–Trinajstić information content (AvgIpc) is 2.88. The van der Waals surface area contributed by atoms with Gasteiger partial charge in [0.05, 0.1) is 0 Å². The highest BCUT2D eigenvalue weighted by Gasteiger charge is 2.01. The van der Waals surface area contributed by atoms with E-state index < -0.39 is 0 Å². The van der Waals surface area contributed by atoms with Gasteiger partial charge in [0.2, 0.25) is 0 Å². The molecule has 86 valence electrons. The lowest BCUT2D eigenvalue weighted by molar-refractivity contribution is 1.04. The second-order valence-electron chi connectivity index (χ2n) is 3.24. The molecule has 3 N–H and O–H groups in total. The van der Waals surface area contributed by atoms with Crippen LogP contribution >= 0.6 is 38.6 Å². The molecule has 0 aromatic carbocycles. The fourth-order valence-corrected chi connectivity index (χ4v) is 3.43. The molecule has 2 aromatic heterocycles. The molecule has 0 bridgehead atoms. The van der Waals surface area contributed by atoms with Crippen molar-refractivity contribution in [3.05, 3.63) is 31.9 Å². The molecule has 0 saturated carbocycles. The summed E-state index contributed by atoms with van der Waals surface area (Å²) in [5.74, 6) is 0. The van der Waals surface area contributed by atoms with Gasteiger partial charge in [0.25, 0.3) is 0 Å². The summed E-state index contributed by atoms with van der Waals surface area (Å²) in [5, 5.41) is 6.36. The zero-order chi connectivity index (χ0) is 11.4. The second-order valence-corrected chi connectivity index (χ2v) is 6.27. The molecular formula is C10H12BrN3S2. The molecule has 0 aliphatic heterocycles. The smallest absolute Gasteiger partial charge is 0.182 e. The summed E-state index contributed by atoms with van der Waals surface area (Å²) >= 11 is 6.84. The summed E-state index contributed by atoms with van der Waals surface area (Å²) in [6, 6.07) is 2.15. The Morgan fingerprint density at radius 1 is 1.44 bits per heavy atom. The lowest BCUT2D eigenvalue weighted by Gasteiger charge is -1.99. The van der Waals surface area contributed by atoms with Gasteiger partial charge in [-0.05, 0) is 28.4 Å². The maximum absolute atomic E-state index is 5.52. The van der Waals surface area contributed by atoms with Crippen molar-refractivity contribution in [3.63, 3.8) is 0 Å². The molecule has 2 aromatic rings. The van der Waals surface area contributed by atoms with Crippen LogP contribution in [-0.2, 0) is 13.0 Å². The molecule has 16 heavy (non-hydrogen) atoms. The molecule has 0 aliphatic rings. The summed E-state index contributed by atoms with van der Waals surface area (Å²) in [6.45, 7) is 1.47. The van der Waals surface area contributed by atoms with E-state index in [4.69, 9.17) is 5.73 Å². The summed E-state index contributed by atoms with van der Waals surface area (Å²) in [7, 11) is 0. The van der Waals surface area contributed by atoms with Gasteiger partial charge in [0, 0.05) is 38.9 Å². The molecule has 2 rings (SSSR count). The van der Waals surface area contributed by atoms with Gasteiger partial charge in [-0.3, -0.25) is 0 Å². The fourth-order valence-electron chi connectivity index (χ4n) is 1.26. The van der Waals surface area contributed by atoms with Gasteiger partial charge in [-0.15, -0.1) is 22.7 Å². The van der Waals surface area contributed by atoms with Crippen LogP contribution in [-0.4, -0.2) is 11.5 Å². The summed E-state index contributed by atoms with van der Waals surface area (Å²) in [4.78, 5) is 6.73. The minimum absolute atomic E-state index is 0.567. The zero-order valence-electron chi connectivity index (χ0n) is 8.57. The molecule has 0 unspecified atom stereocenters. The number of nitrogens with two attached hydrogens (primary N) is 1. The predicted molar refractivity (Wildman–Crippen MR) is 74.2 cm³/mol. The van der Waals surface area contributed by atoms with E-state index in [1.54, 1.807) is 22.7 Å². The molecule has 0 fully saturated rings. The van der Waals surface area contributed by atoms with Gasteiger partial charge in [0.15, 0.2) is 5.13 Å². The quantitative estimate of drug-likeness (QED) is 0.891. The van der Waals surface area contributed by atoms with Crippen LogP contribution in [0, 0.1) is 0 Å². The topological polar surface area (TPSA) is 50.9 Å². The van der Waals surface area contributed by atoms with Gasteiger partial charge < -0.3 is 11.1 Å². The Bertz CT molecular complexity index is 452. The first-order valence-electron chi connectivity index (χ1n) is 4.89. The Balaban J connectivity index is 1.79. The molecular weight excluding hydrogens is 306 g/mol. The predicted octanol–water partition coefficient (Wildman–Crippen LogP) is 3.08. The number of hydrogen-bond acceptors (Lipinski definition) is 5. The third kappa shape index (κ3) is 3.28. The van der Waals surface area contributed by atoms with Crippen LogP contribution < -0.4 is 11.1 Å². The highest BCUT2D eigenvalue weighted by Crippen LogP contribution is 2.21. The molecule has 2 heterocycles. The molecule has 6 heteroatoms. The summed E-state index contributed by atoms with van der Waals surface area (Å²) in [6.07, 6.45) is 2.85. The van der Waals surface area contributed by atoms with E-state index in [0.717, 1.165) is 27.4 Å². The zero-order valence-corrected chi connectivity index (χ0v) is 11.8. The number of aromatic nitrogens is 1. The standard InChI is InChI=1S/C10H12BrN3S2/c11-7-3-8(15-6-7)1-2-13-10-14-5-9(4-12)16-10/h3,5-6H,1-2,4,12H2,(H,13,14). The van der Waals surface area contributed by atoms with E-state index >= 15 is 0 Å². The minimum Gasteiger partial charge on any atom is -0.361 e. The summed E-state index contributed by atoms with van der Waals surface area (Å²) in [5.41, 5.74) is 5.52. The molecule has 0 radical (unpaired) electrons. The number of anilines is 1. The Morgan fingerprint density at radius 2 is 2.31 bits per heavy atom. The Morgan fingerprint density at radius 3 is 2.94 bits per heavy atom. The highest BCUT2D eigenvalue weighted by molar-refractivity contribution is 9.10. The number of halogens is 1. The maximum Gasteiger partial charge on any atom is 0.182 e. The SMILES string of the molecule is NCc1cnc(NCCc2cc(Br)cs2)s1. The van der Waals surface area contributed by atoms with Gasteiger partial charge in [-0.2, -0.15) is 0 Å². The highest BCUT2D eigenvalue weighted by atomic mass is 79.9. The number of nitrogens with zero attached hydrogens (tertiary/aromatic N) is 1. The van der Waals surface area contributed by atoms with Crippen LogP contribution in [0.25, 0.3) is 0 Å². The van der Waals surface area contributed by atoms with Crippen LogP contribution in [0.5, 0.6) is 0 Å². The Kier molecular flexibility index (Phi) is 4.34. The molecule has 0 saturated heterocycles. The monoisotopic (exact) mass is 317 g/mol. The lowest BCUT2D eigenvalue weighted by Crippen LogP contribution is -2.03. The van der Waals surface area contributed by atoms with Gasteiger partial charge in [0.1, 0.15) is 0 Å². The average molecular weight is 318 g/mol. The largest absolute Gasteiger partial charge is 0.361 e. The third-order valence-corrected chi connectivity index (χ3v) is 4.76. The number of thiazole rings is 1. The number of rotatable bonds is 5. The molecule has 0 spiro atoms. The van der Waals surface area contributed by atoms with Gasteiger partial charge >= 0.3 is 0 Å². The Labute approximate surface area is 111 Å². The van der Waals surface area contributed by atoms with Crippen molar-refractivity contribution in [3.8, 4) is 0 Å². The van der Waals surface area contributed by atoms with Gasteiger partial charge in [-0.1, -0.05) is 0 Å². The van der Waals surface area contributed by atoms with Crippen molar-refractivity contribution in [2.45, 2.75) is 13.0 Å². The first kappa shape index (κ1) is 12.0. The normalized spacial score (nSPS) is 10.6. The van der Waals surface area contributed by atoms with E-state index in [-0.39, 0.29) is 0 Å². The summed E-state index contributed by atoms with van der Waals surface area (Å²) < 4.78 is 1.16. The molecule has 0 aliphatic carbocycles. The van der Waals surface area contributed by atoms with E-state index in [1.165, 1.54) is 4.88 Å². The van der Waals surface area contributed by atoms with E-state index in [1.807, 2.05) is 6.20 Å². The second kappa shape index (κ2) is 5.77.